The summed E-state index contributed by atoms with van der Waals surface area (Å²) < 4.78 is 29.0. The van der Waals surface area contributed by atoms with Crippen LogP contribution < -0.4 is 10.2 Å². The molecule has 6 nitrogen and oxygen atoms in total. The first-order valence-corrected chi connectivity index (χ1v) is 9.40. The third kappa shape index (κ3) is 4.11. The van der Waals surface area contributed by atoms with E-state index in [1.807, 2.05) is 0 Å². The van der Waals surface area contributed by atoms with Crippen LogP contribution in [0.5, 0.6) is 5.75 Å². The normalized spacial score (nSPS) is 12.4. The fourth-order valence-electron chi connectivity index (χ4n) is 2.45. The van der Waals surface area contributed by atoms with E-state index >= 15 is 0 Å². The average Bonchev–Trinajstić information content (AvgIpc) is 2.52. The van der Waals surface area contributed by atoms with Crippen molar-refractivity contribution in [1.29, 1.82) is 0 Å². The van der Waals surface area contributed by atoms with Gasteiger partial charge in [-0.25, -0.2) is 13.1 Å². The van der Waals surface area contributed by atoms with Crippen molar-refractivity contribution in [3.63, 3.8) is 0 Å². The number of aromatic hydroxyl groups is 1. The van der Waals surface area contributed by atoms with Crippen molar-refractivity contribution in [2.75, 3.05) is 0 Å². The Bertz CT molecular complexity index is 937. The monoisotopic (exact) mass is 364 g/mol. The van der Waals surface area contributed by atoms with Crippen LogP contribution in [0.1, 0.15) is 37.7 Å². The topological polar surface area (TPSA) is 88.4 Å². The largest absolute Gasteiger partial charge is 0.503 e. The number of benzene rings is 1. The van der Waals surface area contributed by atoms with Crippen LogP contribution in [0.2, 0.25) is 0 Å². The average molecular weight is 364 g/mol. The molecule has 0 radical (unpaired) electrons. The maximum Gasteiger partial charge on any atom is 0.240 e. The summed E-state index contributed by atoms with van der Waals surface area (Å²) in [4.78, 5) is 11.8. The Kier molecular flexibility index (Phi) is 5.11. The Balaban J connectivity index is 2.28. The highest BCUT2D eigenvalue weighted by Gasteiger charge is 2.19. The zero-order valence-electron chi connectivity index (χ0n) is 15.1. The summed E-state index contributed by atoms with van der Waals surface area (Å²) in [5.74, 6) is -0.445. The van der Waals surface area contributed by atoms with Gasteiger partial charge in [0.25, 0.3) is 0 Å². The SMILES string of the molecule is Cc1cc(=O)c(O)c(CNS(=O)(=O)c2ccc(C(C)(C)C)cc2)n1C. The second-order valence-electron chi connectivity index (χ2n) is 7.10. The van der Waals surface area contributed by atoms with Gasteiger partial charge in [0, 0.05) is 18.8 Å². The predicted octanol–water partition coefficient (Wildman–Crippen LogP) is 2.18. The minimum atomic E-state index is -3.76. The van der Waals surface area contributed by atoms with Crippen molar-refractivity contribution in [1.82, 2.24) is 9.29 Å². The molecule has 1 aromatic heterocycles. The van der Waals surface area contributed by atoms with Crippen LogP contribution in [-0.4, -0.2) is 18.1 Å². The Morgan fingerprint density at radius 1 is 1.16 bits per heavy atom. The summed E-state index contributed by atoms with van der Waals surface area (Å²) in [5.41, 5.74) is 1.29. The maximum absolute atomic E-state index is 12.5. The van der Waals surface area contributed by atoms with Crippen LogP contribution >= 0.6 is 0 Å². The van der Waals surface area contributed by atoms with Crippen molar-refractivity contribution >= 4 is 10.0 Å². The molecule has 0 saturated carbocycles. The van der Waals surface area contributed by atoms with Crippen LogP contribution in [0.3, 0.4) is 0 Å². The van der Waals surface area contributed by atoms with Crippen molar-refractivity contribution in [3.05, 3.63) is 57.5 Å². The van der Waals surface area contributed by atoms with Gasteiger partial charge >= 0.3 is 0 Å². The van der Waals surface area contributed by atoms with Crippen LogP contribution in [0.15, 0.2) is 40.0 Å². The van der Waals surface area contributed by atoms with E-state index in [4.69, 9.17) is 0 Å². The van der Waals surface area contributed by atoms with E-state index in [9.17, 15) is 18.3 Å². The number of nitrogens with one attached hydrogen (secondary N) is 1. The van der Waals surface area contributed by atoms with Crippen LogP contribution in [0, 0.1) is 6.92 Å². The summed E-state index contributed by atoms with van der Waals surface area (Å²) >= 11 is 0. The third-order valence-electron chi connectivity index (χ3n) is 4.24. The van der Waals surface area contributed by atoms with Gasteiger partial charge in [-0.15, -0.1) is 0 Å². The Morgan fingerprint density at radius 2 is 1.72 bits per heavy atom. The number of aromatic nitrogens is 1. The van der Waals surface area contributed by atoms with Gasteiger partial charge in [0.15, 0.2) is 5.75 Å². The van der Waals surface area contributed by atoms with Crippen molar-refractivity contribution in [2.24, 2.45) is 7.05 Å². The molecule has 25 heavy (non-hydrogen) atoms. The fourth-order valence-corrected chi connectivity index (χ4v) is 3.44. The third-order valence-corrected chi connectivity index (χ3v) is 5.66. The van der Waals surface area contributed by atoms with Gasteiger partial charge in [-0.3, -0.25) is 4.79 Å². The number of aryl methyl sites for hydroxylation is 1. The van der Waals surface area contributed by atoms with Crippen molar-refractivity contribution in [3.8, 4) is 5.75 Å². The lowest BCUT2D eigenvalue weighted by Gasteiger charge is -2.19. The molecule has 0 bridgehead atoms. The summed E-state index contributed by atoms with van der Waals surface area (Å²) in [6.45, 7) is 7.69. The molecule has 0 amide bonds. The smallest absolute Gasteiger partial charge is 0.240 e. The second-order valence-corrected chi connectivity index (χ2v) is 8.87. The van der Waals surface area contributed by atoms with Gasteiger partial charge in [0.1, 0.15) is 0 Å². The summed E-state index contributed by atoms with van der Waals surface area (Å²) in [7, 11) is -2.09. The first kappa shape index (κ1) is 19.2. The zero-order valence-corrected chi connectivity index (χ0v) is 15.9. The van der Waals surface area contributed by atoms with E-state index in [0.717, 1.165) is 5.56 Å². The predicted molar refractivity (Wildman–Crippen MR) is 97.3 cm³/mol. The van der Waals surface area contributed by atoms with Gasteiger partial charge in [-0.1, -0.05) is 32.9 Å². The lowest BCUT2D eigenvalue weighted by atomic mass is 9.87. The molecule has 7 heteroatoms. The molecule has 0 spiro atoms. The number of nitrogens with zero attached hydrogens (tertiary/aromatic N) is 1. The molecule has 2 aromatic rings. The Hall–Kier alpha value is -2.12. The number of sulfonamides is 1. The highest BCUT2D eigenvalue weighted by molar-refractivity contribution is 7.89. The van der Waals surface area contributed by atoms with E-state index in [1.165, 1.54) is 6.07 Å². The molecule has 0 atom stereocenters. The lowest BCUT2D eigenvalue weighted by molar-refractivity contribution is 0.450. The molecule has 0 aliphatic carbocycles. The number of hydrogen-bond acceptors (Lipinski definition) is 4. The standard InChI is InChI=1S/C18H24N2O4S/c1-12-10-16(21)17(22)15(20(12)5)11-19-25(23,24)14-8-6-13(7-9-14)18(2,3)4/h6-10,19,22H,11H2,1-5H3. The zero-order chi connectivity index (χ0) is 19.0. The molecule has 2 rings (SSSR count). The van der Waals surface area contributed by atoms with E-state index in [0.29, 0.717) is 5.69 Å². The van der Waals surface area contributed by atoms with Gasteiger partial charge in [0.2, 0.25) is 15.5 Å². The molecular weight excluding hydrogens is 340 g/mol. The molecule has 0 aliphatic rings. The summed E-state index contributed by atoms with van der Waals surface area (Å²) in [5, 5.41) is 9.93. The van der Waals surface area contributed by atoms with E-state index in [1.54, 1.807) is 42.8 Å². The molecule has 0 saturated heterocycles. The molecule has 2 N–H and O–H groups in total. The summed E-state index contributed by atoms with van der Waals surface area (Å²) in [6.07, 6.45) is 0. The van der Waals surface area contributed by atoms with Gasteiger partial charge < -0.3 is 9.67 Å². The minimum absolute atomic E-state index is 0.0681. The van der Waals surface area contributed by atoms with E-state index in [2.05, 4.69) is 25.5 Å². The van der Waals surface area contributed by atoms with Gasteiger partial charge in [-0.05, 0) is 30.0 Å². The molecule has 1 aromatic carbocycles. The van der Waals surface area contributed by atoms with Crippen molar-refractivity contribution in [2.45, 2.75) is 44.6 Å². The Labute approximate surface area is 148 Å². The lowest BCUT2D eigenvalue weighted by Crippen LogP contribution is -2.26. The van der Waals surface area contributed by atoms with E-state index < -0.39 is 21.2 Å². The molecule has 0 aliphatic heterocycles. The maximum atomic E-state index is 12.5. The van der Waals surface area contributed by atoms with E-state index in [-0.39, 0.29) is 22.5 Å². The molecular formula is C18H24N2O4S. The Morgan fingerprint density at radius 3 is 2.24 bits per heavy atom. The minimum Gasteiger partial charge on any atom is -0.503 e. The summed E-state index contributed by atoms with van der Waals surface area (Å²) in [6, 6.07) is 7.98. The van der Waals surface area contributed by atoms with Gasteiger partial charge in [-0.2, -0.15) is 0 Å². The second kappa shape index (κ2) is 6.65. The van der Waals surface area contributed by atoms with Gasteiger partial charge in [0.05, 0.1) is 17.1 Å². The first-order chi connectivity index (χ1) is 11.4. The highest BCUT2D eigenvalue weighted by Crippen LogP contribution is 2.23. The highest BCUT2D eigenvalue weighted by atomic mass is 32.2. The molecule has 0 unspecified atom stereocenters. The number of hydrogen-bond donors (Lipinski definition) is 2. The molecule has 0 fully saturated rings. The van der Waals surface area contributed by atoms with Crippen LogP contribution in [0.4, 0.5) is 0 Å². The number of pyridine rings is 1. The molecule has 136 valence electrons. The fraction of sp³-hybridized carbons (Fsp3) is 0.389. The number of rotatable bonds is 4. The first-order valence-electron chi connectivity index (χ1n) is 7.92. The quantitative estimate of drug-likeness (QED) is 0.870. The van der Waals surface area contributed by atoms with Crippen LogP contribution in [0.25, 0.3) is 0 Å². The van der Waals surface area contributed by atoms with Crippen molar-refractivity contribution < 1.29 is 13.5 Å². The van der Waals surface area contributed by atoms with Crippen LogP contribution in [-0.2, 0) is 29.0 Å². The molecule has 1 heterocycles.